The number of carbonyl (C=O) groups is 2. The van der Waals surface area contributed by atoms with E-state index in [1.54, 1.807) is 24.3 Å². The van der Waals surface area contributed by atoms with Gasteiger partial charge in [0.15, 0.2) is 0 Å². The van der Waals surface area contributed by atoms with Crippen molar-refractivity contribution in [3.05, 3.63) is 65.7 Å². The second-order valence-electron chi connectivity index (χ2n) is 7.14. The molecule has 0 spiro atoms. The Kier molecular flexibility index (Phi) is 7.03. The van der Waals surface area contributed by atoms with Crippen molar-refractivity contribution in [2.75, 3.05) is 45.1 Å². The Bertz CT molecular complexity index is 777. The maximum absolute atomic E-state index is 12.4. The van der Waals surface area contributed by atoms with Crippen molar-refractivity contribution in [3.63, 3.8) is 0 Å². The minimum Gasteiger partial charge on any atom is -0.352 e. The molecule has 0 unspecified atom stereocenters. The smallest absolute Gasteiger partial charge is 0.321 e. The molecule has 3 amide bonds. The van der Waals surface area contributed by atoms with Gasteiger partial charge in [0.05, 0.1) is 0 Å². The number of carbonyl (C=O) groups excluding carboxylic acids is 2. The highest BCUT2D eigenvalue weighted by Crippen LogP contribution is 2.12. The highest BCUT2D eigenvalue weighted by atomic mass is 16.2. The van der Waals surface area contributed by atoms with E-state index < -0.39 is 0 Å². The molecule has 2 N–H and O–H groups in total. The highest BCUT2D eigenvalue weighted by Gasteiger charge is 2.17. The Morgan fingerprint density at radius 1 is 0.929 bits per heavy atom. The van der Waals surface area contributed by atoms with E-state index in [-0.39, 0.29) is 11.9 Å². The number of nitrogens with one attached hydrogen (secondary N) is 2. The van der Waals surface area contributed by atoms with E-state index in [0.717, 1.165) is 39.0 Å². The zero-order chi connectivity index (χ0) is 19.8. The molecule has 2 aromatic rings. The zero-order valence-corrected chi connectivity index (χ0v) is 16.4. The fourth-order valence-electron chi connectivity index (χ4n) is 3.22. The molecule has 2 aromatic carbocycles. The Morgan fingerprint density at radius 3 is 2.43 bits per heavy atom. The zero-order valence-electron chi connectivity index (χ0n) is 16.4. The fraction of sp³-hybridized carbons (Fsp3) is 0.364. The second kappa shape index (κ2) is 9.90. The van der Waals surface area contributed by atoms with Crippen LogP contribution in [0.3, 0.4) is 0 Å². The second-order valence-corrected chi connectivity index (χ2v) is 7.14. The summed E-state index contributed by atoms with van der Waals surface area (Å²) in [4.78, 5) is 28.8. The summed E-state index contributed by atoms with van der Waals surface area (Å²) in [5, 5.41) is 5.85. The molecule has 1 aliphatic heterocycles. The van der Waals surface area contributed by atoms with Crippen molar-refractivity contribution in [3.8, 4) is 0 Å². The molecule has 28 heavy (non-hydrogen) atoms. The van der Waals surface area contributed by atoms with Gasteiger partial charge in [-0.3, -0.25) is 4.79 Å². The van der Waals surface area contributed by atoms with Gasteiger partial charge < -0.3 is 20.4 Å². The molecule has 1 fully saturated rings. The monoisotopic (exact) mass is 380 g/mol. The summed E-state index contributed by atoms with van der Waals surface area (Å²) in [6.45, 7) is 3.97. The first kappa shape index (κ1) is 19.9. The normalized spacial score (nSPS) is 15.0. The number of anilines is 1. The van der Waals surface area contributed by atoms with Crippen LogP contribution in [0.4, 0.5) is 10.5 Å². The van der Waals surface area contributed by atoms with E-state index in [9.17, 15) is 9.59 Å². The highest BCUT2D eigenvalue weighted by molar-refractivity contribution is 5.95. The maximum Gasteiger partial charge on any atom is 0.321 e. The van der Waals surface area contributed by atoms with Gasteiger partial charge in [-0.05, 0) is 56.3 Å². The van der Waals surface area contributed by atoms with E-state index in [4.69, 9.17) is 0 Å². The number of nitrogens with zero attached hydrogens (tertiary/aromatic N) is 2. The van der Waals surface area contributed by atoms with Gasteiger partial charge in [-0.2, -0.15) is 0 Å². The number of hydrogen-bond donors (Lipinski definition) is 2. The molecule has 3 rings (SSSR count). The summed E-state index contributed by atoms with van der Waals surface area (Å²) >= 11 is 0. The molecule has 1 aliphatic rings. The lowest BCUT2D eigenvalue weighted by Gasteiger charge is -2.21. The summed E-state index contributed by atoms with van der Waals surface area (Å²) in [5.74, 6) is -0.107. The van der Waals surface area contributed by atoms with Gasteiger partial charge in [-0.25, -0.2) is 4.79 Å². The van der Waals surface area contributed by atoms with Crippen LogP contribution in [-0.2, 0) is 6.42 Å². The van der Waals surface area contributed by atoms with Crippen LogP contribution in [0.15, 0.2) is 54.6 Å². The van der Waals surface area contributed by atoms with Crippen LogP contribution < -0.4 is 10.6 Å². The topological polar surface area (TPSA) is 64.7 Å². The predicted molar refractivity (Wildman–Crippen MR) is 112 cm³/mol. The first-order valence-corrected chi connectivity index (χ1v) is 9.78. The summed E-state index contributed by atoms with van der Waals surface area (Å²) in [6.07, 6.45) is 1.78. The van der Waals surface area contributed by atoms with Gasteiger partial charge >= 0.3 is 6.03 Å². The minimum atomic E-state index is -0.107. The molecular formula is C22H28N4O2. The van der Waals surface area contributed by atoms with Crippen molar-refractivity contribution in [2.24, 2.45) is 0 Å². The lowest BCUT2D eigenvalue weighted by atomic mass is 10.1. The number of hydrogen-bond acceptors (Lipinski definition) is 3. The maximum atomic E-state index is 12.4. The average Bonchev–Trinajstić information content (AvgIpc) is 2.94. The van der Waals surface area contributed by atoms with Gasteiger partial charge in [0.1, 0.15) is 0 Å². The Labute approximate surface area is 166 Å². The van der Waals surface area contributed by atoms with Gasteiger partial charge in [0, 0.05) is 37.4 Å². The summed E-state index contributed by atoms with van der Waals surface area (Å²) < 4.78 is 0. The fourth-order valence-corrected chi connectivity index (χ4v) is 3.22. The van der Waals surface area contributed by atoms with Crippen LogP contribution in [0.2, 0.25) is 0 Å². The van der Waals surface area contributed by atoms with Crippen LogP contribution in [0, 0.1) is 0 Å². The molecule has 0 radical (unpaired) electrons. The van der Waals surface area contributed by atoms with Crippen LogP contribution in [-0.4, -0.2) is 61.5 Å². The Balaban J connectivity index is 1.47. The van der Waals surface area contributed by atoms with E-state index >= 15 is 0 Å². The van der Waals surface area contributed by atoms with Crippen molar-refractivity contribution >= 4 is 17.6 Å². The molecule has 148 valence electrons. The van der Waals surface area contributed by atoms with Crippen LogP contribution in [0.5, 0.6) is 0 Å². The van der Waals surface area contributed by atoms with E-state index in [1.807, 2.05) is 35.2 Å². The van der Waals surface area contributed by atoms with Crippen LogP contribution in [0.25, 0.3) is 0 Å². The molecule has 0 saturated carbocycles. The van der Waals surface area contributed by atoms with Gasteiger partial charge in [-0.1, -0.05) is 30.3 Å². The lowest BCUT2D eigenvalue weighted by Crippen LogP contribution is -2.37. The molecule has 1 saturated heterocycles. The third kappa shape index (κ3) is 5.82. The number of likely N-dealkylation sites (N-methyl/N-ethyl adjacent to an activating group) is 1. The summed E-state index contributed by atoms with van der Waals surface area (Å²) in [7, 11) is 2.07. The molecule has 0 aromatic heterocycles. The summed E-state index contributed by atoms with van der Waals surface area (Å²) in [5.41, 5.74) is 2.48. The Hall–Kier alpha value is -2.86. The first-order chi connectivity index (χ1) is 13.6. The summed E-state index contributed by atoms with van der Waals surface area (Å²) in [6, 6.07) is 17.0. The number of amides is 3. The molecule has 6 heteroatoms. The number of benzene rings is 2. The standard InChI is InChI=1S/C22H28N4O2/c1-25-14-5-15-26(17-16-25)22(28)24-20-10-8-19(9-11-20)21(27)23-13-12-18-6-3-2-4-7-18/h2-4,6-11H,5,12-17H2,1H3,(H,23,27)(H,24,28). The quantitative estimate of drug-likeness (QED) is 0.838. The van der Waals surface area contributed by atoms with Gasteiger partial charge in [-0.15, -0.1) is 0 Å². The number of rotatable bonds is 5. The van der Waals surface area contributed by atoms with E-state index in [1.165, 1.54) is 5.56 Å². The Morgan fingerprint density at radius 2 is 1.68 bits per heavy atom. The average molecular weight is 380 g/mol. The molecule has 1 heterocycles. The number of urea groups is 1. The van der Waals surface area contributed by atoms with Crippen LogP contribution >= 0.6 is 0 Å². The first-order valence-electron chi connectivity index (χ1n) is 9.78. The third-order valence-electron chi connectivity index (χ3n) is 4.95. The van der Waals surface area contributed by atoms with Crippen molar-refractivity contribution in [1.82, 2.24) is 15.1 Å². The van der Waals surface area contributed by atoms with Crippen molar-refractivity contribution in [1.29, 1.82) is 0 Å². The molecule has 6 nitrogen and oxygen atoms in total. The lowest BCUT2D eigenvalue weighted by molar-refractivity contribution is 0.0954. The minimum absolute atomic E-state index is 0.0876. The van der Waals surface area contributed by atoms with Gasteiger partial charge in [0.2, 0.25) is 0 Å². The van der Waals surface area contributed by atoms with Gasteiger partial charge in [0.25, 0.3) is 5.91 Å². The molecular weight excluding hydrogens is 352 g/mol. The molecule has 0 atom stereocenters. The largest absolute Gasteiger partial charge is 0.352 e. The molecule has 0 bridgehead atoms. The van der Waals surface area contributed by atoms with Crippen molar-refractivity contribution < 1.29 is 9.59 Å². The van der Waals surface area contributed by atoms with E-state index in [2.05, 4.69) is 22.6 Å². The van der Waals surface area contributed by atoms with Crippen LogP contribution in [0.1, 0.15) is 22.3 Å². The van der Waals surface area contributed by atoms with Crippen molar-refractivity contribution in [2.45, 2.75) is 12.8 Å². The predicted octanol–water partition coefficient (Wildman–Crippen LogP) is 2.83. The third-order valence-corrected chi connectivity index (χ3v) is 4.95. The SMILES string of the molecule is CN1CCCN(C(=O)Nc2ccc(C(=O)NCCc3ccccc3)cc2)CC1. The molecule has 0 aliphatic carbocycles. The van der Waals surface area contributed by atoms with E-state index in [0.29, 0.717) is 17.8 Å².